The SMILES string of the molecule is C=C(C)C(=O)OCCC[Si](OCC)(OCC)OCC.C=C[Si](OCCOC)(OCCOC)OCCOC. The van der Waals surface area contributed by atoms with Gasteiger partial charge in [-0.15, -0.1) is 0 Å². The van der Waals surface area contributed by atoms with E-state index in [9.17, 15) is 4.79 Å². The molecule has 0 aliphatic carbocycles. The number of ether oxygens (including phenoxy) is 4. The summed E-state index contributed by atoms with van der Waals surface area (Å²) in [6.45, 7) is 19.3. The second-order valence-electron chi connectivity index (χ2n) is 7.33. The smallest absolute Gasteiger partial charge is 0.462 e. The van der Waals surface area contributed by atoms with E-state index in [1.165, 1.54) is 0 Å². The predicted octanol–water partition coefficient (Wildman–Crippen LogP) is 3.18. The highest BCUT2D eigenvalue weighted by molar-refractivity contribution is 6.66. The molecule has 0 unspecified atom stereocenters. The van der Waals surface area contributed by atoms with Crippen LogP contribution in [0.2, 0.25) is 6.04 Å². The Labute approximate surface area is 226 Å². The molecule has 0 heterocycles. The highest BCUT2D eigenvalue weighted by Crippen LogP contribution is 2.18. The third kappa shape index (κ3) is 19.7. The van der Waals surface area contributed by atoms with Crippen molar-refractivity contribution in [3.8, 4) is 0 Å². The summed E-state index contributed by atoms with van der Waals surface area (Å²) in [4.78, 5) is 11.2. The van der Waals surface area contributed by atoms with E-state index in [1.54, 1.807) is 34.0 Å². The third-order valence-electron chi connectivity index (χ3n) is 4.32. The van der Waals surface area contributed by atoms with Gasteiger partial charge in [0.2, 0.25) is 0 Å². The second-order valence-corrected chi connectivity index (χ2v) is 12.5. The van der Waals surface area contributed by atoms with Gasteiger partial charge in [-0.2, -0.15) is 0 Å². The standard InChI is InChI=1S/C13H26O5Si.C11H24O6Si/c1-6-16-19(17-7-2,18-8-3)11-9-10-15-13(14)12(4)5;1-5-18(15-9-6-12-2,16-10-7-13-3)17-11-8-14-4/h4,6-11H2,1-3,5H3;5H,1,6-11H2,2-4H3. The van der Waals surface area contributed by atoms with E-state index in [0.717, 1.165) is 0 Å². The van der Waals surface area contributed by atoms with E-state index < -0.39 is 17.6 Å². The maximum Gasteiger partial charge on any atom is 0.529 e. The van der Waals surface area contributed by atoms with Gasteiger partial charge in [0, 0.05) is 52.8 Å². The lowest BCUT2D eigenvalue weighted by Crippen LogP contribution is -2.46. The summed E-state index contributed by atoms with van der Waals surface area (Å²) in [5.41, 5.74) is 2.01. The topological polar surface area (TPSA) is 109 Å². The molecule has 37 heavy (non-hydrogen) atoms. The first kappa shape index (κ1) is 38.2. The zero-order valence-corrected chi connectivity index (χ0v) is 26.0. The monoisotopic (exact) mass is 570 g/mol. The quantitative estimate of drug-likeness (QED) is 0.0739. The van der Waals surface area contributed by atoms with Gasteiger partial charge < -0.3 is 45.5 Å². The van der Waals surface area contributed by atoms with Crippen molar-refractivity contribution in [2.45, 2.75) is 40.2 Å². The fourth-order valence-electron chi connectivity index (χ4n) is 2.68. The van der Waals surface area contributed by atoms with Gasteiger partial charge in [-0.05, 0) is 39.8 Å². The molecule has 0 aromatic heterocycles. The highest BCUT2D eigenvalue weighted by atomic mass is 28.4. The molecule has 0 aliphatic rings. The minimum Gasteiger partial charge on any atom is -0.462 e. The molecule has 0 radical (unpaired) electrons. The predicted molar refractivity (Wildman–Crippen MR) is 145 cm³/mol. The highest BCUT2D eigenvalue weighted by Gasteiger charge is 2.40. The molecule has 0 N–H and O–H groups in total. The first-order valence-electron chi connectivity index (χ1n) is 12.5. The van der Waals surface area contributed by atoms with Crippen LogP contribution < -0.4 is 0 Å². The number of esters is 1. The fraction of sp³-hybridized carbons (Fsp3) is 0.792. The molecule has 0 aromatic carbocycles. The molecule has 0 fully saturated rings. The maximum atomic E-state index is 11.2. The van der Waals surface area contributed by atoms with Crippen molar-refractivity contribution < 1.29 is 50.3 Å². The van der Waals surface area contributed by atoms with Crippen molar-refractivity contribution in [2.75, 3.05) is 87.4 Å². The lowest BCUT2D eigenvalue weighted by atomic mass is 10.4. The molecule has 0 bridgehead atoms. The largest absolute Gasteiger partial charge is 0.529 e. The molecule has 0 atom stereocenters. The lowest BCUT2D eigenvalue weighted by Gasteiger charge is -2.28. The van der Waals surface area contributed by atoms with E-state index in [4.69, 9.17) is 45.5 Å². The summed E-state index contributed by atoms with van der Waals surface area (Å²) in [7, 11) is -0.638. The molecule has 0 amide bonds. The Morgan fingerprint density at radius 1 is 0.703 bits per heavy atom. The van der Waals surface area contributed by atoms with E-state index >= 15 is 0 Å². The van der Waals surface area contributed by atoms with Crippen LogP contribution in [0.4, 0.5) is 0 Å². The van der Waals surface area contributed by atoms with Crippen LogP contribution in [0, 0.1) is 0 Å². The first-order valence-corrected chi connectivity index (χ1v) is 16.3. The molecule has 11 nitrogen and oxygen atoms in total. The lowest BCUT2D eigenvalue weighted by molar-refractivity contribution is -0.139. The fourth-order valence-corrected chi connectivity index (χ4v) is 6.97. The first-order chi connectivity index (χ1) is 17.8. The number of carbonyl (C=O) groups excluding carboxylic acids is 1. The van der Waals surface area contributed by atoms with Gasteiger partial charge in [0.05, 0.1) is 46.2 Å². The third-order valence-corrected chi connectivity index (χ3v) is 9.79. The van der Waals surface area contributed by atoms with E-state index in [2.05, 4.69) is 13.2 Å². The van der Waals surface area contributed by atoms with Crippen molar-refractivity contribution in [3.05, 3.63) is 24.4 Å². The van der Waals surface area contributed by atoms with Crippen LogP contribution in [0.1, 0.15) is 34.1 Å². The van der Waals surface area contributed by atoms with Crippen LogP contribution in [0.25, 0.3) is 0 Å². The number of methoxy groups -OCH3 is 3. The molecule has 13 heteroatoms. The van der Waals surface area contributed by atoms with Gasteiger partial charge in [0.25, 0.3) is 0 Å². The van der Waals surface area contributed by atoms with Gasteiger partial charge >= 0.3 is 23.6 Å². The van der Waals surface area contributed by atoms with E-state index in [0.29, 0.717) is 84.1 Å². The van der Waals surface area contributed by atoms with Crippen LogP contribution in [0.15, 0.2) is 24.4 Å². The van der Waals surface area contributed by atoms with Crippen LogP contribution in [-0.2, 0) is 50.3 Å². The minimum absolute atomic E-state index is 0.327. The Morgan fingerprint density at radius 2 is 1.11 bits per heavy atom. The number of hydrogen-bond acceptors (Lipinski definition) is 11. The normalized spacial score (nSPS) is 11.5. The summed E-state index contributed by atoms with van der Waals surface area (Å²) in [6.07, 6.45) is 0.658. The maximum absolute atomic E-state index is 11.2. The average molecular weight is 571 g/mol. The Bertz CT molecular complexity index is 535. The number of rotatable bonds is 24. The number of carbonyl (C=O) groups is 1. The van der Waals surface area contributed by atoms with Crippen LogP contribution >= 0.6 is 0 Å². The van der Waals surface area contributed by atoms with Crippen molar-refractivity contribution in [2.24, 2.45) is 0 Å². The molecule has 0 rings (SSSR count). The molecular weight excluding hydrogens is 520 g/mol. The molecule has 220 valence electrons. The van der Waals surface area contributed by atoms with Crippen LogP contribution in [0.3, 0.4) is 0 Å². The summed E-state index contributed by atoms with van der Waals surface area (Å²) >= 11 is 0. The molecule has 0 aliphatic heterocycles. The van der Waals surface area contributed by atoms with Gasteiger partial charge in [-0.25, -0.2) is 4.79 Å². The molecule has 0 saturated heterocycles. The molecule has 0 saturated carbocycles. The molecular formula is C24H50O11Si2. The summed E-state index contributed by atoms with van der Waals surface area (Å²) < 4.78 is 53.9. The zero-order valence-electron chi connectivity index (χ0n) is 24.0. The van der Waals surface area contributed by atoms with E-state index in [1.807, 2.05) is 20.8 Å². The number of hydrogen-bond donors (Lipinski definition) is 0. The van der Waals surface area contributed by atoms with Crippen molar-refractivity contribution in [1.82, 2.24) is 0 Å². The Morgan fingerprint density at radius 3 is 1.41 bits per heavy atom. The van der Waals surface area contributed by atoms with Crippen LogP contribution in [-0.4, -0.2) is 111 Å². The van der Waals surface area contributed by atoms with Gasteiger partial charge in [0.1, 0.15) is 0 Å². The van der Waals surface area contributed by atoms with Crippen molar-refractivity contribution in [1.29, 1.82) is 0 Å². The van der Waals surface area contributed by atoms with Gasteiger partial charge in [0.15, 0.2) is 0 Å². The average Bonchev–Trinajstić information content (AvgIpc) is 2.87. The Hall–Kier alpha value is -0.976. The Kier molecular flexibility index (Phi) is 26.1. The van der Waals surface area contributed by atoms with Gasteiger partial charge in [-0.3, -0.25) is 0 Å². The second kappa shape index (κ2) is 25.3. The zero-order chi connectivity index (χ0) is 28.4. The van der Waals surface area contributed by atoms with E-state index in [-0.39, 0.29) is 5.97 Å². The van der Waals surface area contributed by atoms with Crippen molar-refractivity contribution >= 4 is 23.6 Å². The summed E-state index contributed by atoms with van der Waals surface area (Å²) in [6, 6.07) is 0.645. The summed E-state index contributed by atoms with van der Waals surface area (Å²) in [5, 5.41) is 0. The Balaban J connectivity index is 0. The van der Waals surface area contributed by atoms with Crippen LogP contribution in [0.5, 0.6) is 0 Å². The minimum atomic E-state index is -2.86. The van der Waals surface area contributed by atoms with Gasteiger partial charge in [-0.1, -0.05) is 13.2 Å². The van der Waals surface area contributed by atoms with Crippen molar-refractivity contribution in [3.63, 3.8) is 0 Å². The summed E-state index contributed by atoms with van der Waals surface area (Å²) in [5.74, 6) is -0.364. The molecule has 0 spiro atoms. The molecule has 0 aromatic rings.